The van der Waals surface area contributed by atoms with E-state index in [0.717, 1.165) is 25.1 Å². The number of hydrogen-bond acceptors (Lipinski definition) is 1. The van der Waals surface area contributed by atoms with Gasteiger partial charge in [0.05, 0.1) is 0 Å². The first-order valence-corrected chi connectivity index (χ1v) is 5.21. The molecule has 0 bridgehead atoms. The van der Waals surface area contributed by atoms with Crippen LogP contribution in [0.3, 0.4) is 0 Å². The molecule has 0 N–H and O–H groups in total. The maximum absolute atomic E-state index is 11.7. The molecule has 1 amide bonds. The molecule has 0 aliphatic carbocycles. The van der Waals surface area contributed by atoms with Crippen molar-refractivity contribution in [1.82, 2.24) is 0 Å². The second kappa shape index (κ2) is 6.77. The summed E-state index contributed by atoms with van der Waals surface area (Å²) in [6, 6.07) is 8.20. The summed E-state index contributed by atoms with van der Waals surface area (Å²) in [4.78, 5) is 13.6. The van der Waals surface area contributed by atoms with Gasteiger partial charge in [-0.05, 0) is 24.5 Å². The van der Waals surface area contributed by atoms with Crippen molar-refractivity contribution >= 4 is 36.4 Å². The Kier molecular flexibility index (Phi) is 6.46. The van der Waals surface area contributed by atoms with Crippen LogP contribution in [0.1, 0.15) is 25.3 Å². The maximum atomic E-state index is 11.7. The molecular weight excluding hydrogens is 245 g/mol. The van der Waals surface area contributed by atoms with Crippen LogP contribution >= 0.6 is 24.8 Å². The minimum atomic E-state index is 0. The van der Waals surface area contributed by atoms with Crippen molar-refractivity contribution in [2.75, 3.05) is 11.4 Å². The average Bonchev–Trinajstić information content (AvgIpc) is 2.27. The van der Waals surface area contributed by atoms with Gasteiger partial charge >= 0.3 is 0 Å². The van der Waals surface area contributed by atoms with Crippen LogP contribution in [-0.2, 0) is 11.2 Å². The van der Waals surface area contributed by atoms with Gasteiger partial charge in [0.25, 0.3) is 0 Å². The van der Waals surface area contributed by atoms with E-state index in [1.807, 2.05) is 30.0 Å². The fourth-order valence-electron chi connectivity index (χ4n) is 1.98. The number of fused-ring (bicyclic) bond motifs is 1. The number of anilines is 1. The molecule has 0 aromatic heterocycles. The summed E-state index contributed by atoms with van der Waals surface area (Å²) in [6.07, 6.45) is 2.78. The van der Waals surface area contributed by atoms with Gasteiger partial charge in [-0.25, -0.2) is 0 Å². The van der Waals surface area contributed by atoms with Crippen LogP contribution in [0.5, 0.6) is 0 Å². The second-order valence-electron chi connectivity index (χ2n) is 3.63. The van der Waals surface area contributed by atoms with E-state index in [2.05, 4.69) is 6.07 Å². The van der Waals surface area contributed by atoms with Crippen molar-refractivity contribution in [3.63, 3.8) is 0 Å². The molecule has 0 fully saturated rings. The lowest BCUT2D eigenvalue weighted by Crippen LogP contribution is -2.34. The number of para-hydroxylation sites is 1. The molecule has 2 nitrogen and oxygen atoms in total. The molecule has 0 spiro atoms. The number of carbonyl (C=O) groups is 1. The zero-order chi connectivity index (χ0) is 9.97. The van der Waals surface area contributed by atoms with Gasteiger partial charge in [-0.3, -0.25) is 4.79 Å². The molecule has 4 heteroatoms. The van der Waals surface area contributed by atoms with Gasteiger partial charge in [0.15, 0.2) is 0 Å². The van der Waals surface area contributed by atoms with Gasteiger partial charge in [-0.1, -0.05) is 25.1 Å². The molecule has 1 aromatic carbocycles. The highest BCUT2D eigenvalue weighted by molar-refractivity contribution is 5.94. The summed E-state index contributed by atoms with van der Waals surface area (Å²) >= 11 is 0. The summed E-state index contributed by atoms with van der Waals surface area (Å²) in [5.41, 5.74) is 2.42. The minimum absolute atomic E-state index is 0. The van der Waals surface area contributed by atoms with Crippen LogP contribution in [0.2, 0.25) is 0 Å². The van der Waals surface area contributed by atoms with Crippen molar-refractivity contribution in [2.24, 2.45) is 0 Å². The Morgan fingerprint density at radius 2 is 2.00 bits per heavy atom. The summed E-state index contributed by atoms with van der Waals surface area (Å²) in [5, 5.41) is 0. The smallest absolute Gasteiger partial charge is 0.226 e. The Morgan fingerprint density at radius 1 is 1.31 bits per heavy atom. The van der Waals surface area contributed by atoms with Crippen LogP contribution in [0.25, 0.3) is 0 Å². The molecule has 0 atom stereocenters. The Labute approximate surface area is 109 Å². The minimum Gasteiger partial charge on any atom is -0.312 e. The molecule has 16 heavy (non-hydrogen) atoms. The van der Waals surface area contributed by atoms with Gasteiger partial charge in [0, 0.05) is 18.7 Å². The number of nitrogens with zero attached hydrogens (tertiary/aromatic N) is 1. The van der Waals surface area contributed by atoms with Gasteiger partial charge < -0.3 is 4.90 Å². The second-order valence-corrected chi connectivity index (χ2v) is 3.63. The molecule has 90 valence electrons. The molecule has 0 saturated heterocycles. The first kappa shape index (κ1) is 15.3. The van der Waals surface area contributed by atoms with Crippen LogP contribution in [0.4, 0.5) is 5.69 Å². The van der Waals surface area contributed by atoms with E-state index in [9.17, 15) is 4.79 Å². The lowest BCUT2D eigenvalue weighted by Gasteiger charge is -2.29. The molecule has 1 aliphatic heterocycles. The number of amides is 1. The van der Waals surface area contributed by atoms with Crippen LogP contribution in [-0.4, -0.2) is 12.5 Å². The van der Waals surface area contributed by atoms with Crippen molar-refractivity contribution in [3.8, 4) is 0 Å². The Hall–Kier alpha value is -0.730. The van der Waals surface area contributed by atoms with E-state index in [-0.39, 0.29) is 30.7 Å². The van der Waals surface area contributed by atoms with Crippen molar-refractivity contribution < 1.29 is 4.79 Å². The van der Waals surface area contributed by atoms with Crippen molar-refractivity contribution in [1.29, 1.82) is 0 Å². The topological polar surface area (TPSA) is 20.3 Å². The van der Waals surface area contributed by atoms with E-state index >= 15 is 0 Å². The fraction of sp³-hybridized carbons (Fsp3) is 0.417. The Morgan fingerprint density at radius 3 is 2.69 bits per heavy atom. The molecule has 1 aromatic rings. The molecular formula is C12H17Cl2NO. The first-order chi connectivity index (χ1) is 6.83. The van der Waals surface area contributed by atoms with E-state index < -0.39 is 0 Å². The van der Waals surface area contributed by atoms with Crippen LogP contribution in [0, 0.1) is 0 Å². The third-order valence-electron chi connectivity index (χ3n) is 2.71. The average molecular weight is 262 g/mol. The zero-order valence-electron chi connectivity index (χ0n) is 9.31. The van der Waals surface area contributed by atoms with Crippen LogP contribution < -0.4 is 4.90 Å². The normalized spacial score (nSPS) is 13.2. The van der Waals surface area contributed by atoms with E-state index in [4.69, 9.17) is 0 Å². The van der Waals surface area contributed by atoms with Crippen molar-refractivity contribution in [3.05, 3.63) is 29.8 Å². The lowest BCUT2D eigenvalue weighted by atomic mass is 10.0. The third kappa shape index (κ3) is 2.89. The number of carbonyl (C=O) groups excluding carboxylic acids is 1. The van der Waals surface area contributed by atoms with Gasteiger partial charge in [-0.15, -0.1) is 24.8 Å². The molecule has 0 unspecified atom stereocenters. The van der Waals surface area contributed by atoms with E-state index in [0.29, 0.717) is 6.42 Å². The summed E-state index contributed by atoms with van der Waals surface area (Å²) in [7, 11) is 0. The monoisotopic (exact) mass is 261 g/mol. The predicted molar refractivity (Wildman–Crippen MR) is 71.9 cm³/mol. The Bertz CT molecular complexity index is 355. The number of halogens is 2. The summed E-state index contributed by atoms with van der Waals surface area (Å²) in [5.74, 6) is 0.233. The van der Waals surface area contributed by atoms with Crippen molar-refractivity contribution in [2.45, 2.75) is 26.2 Å². The zero-order valence-corrected chi connectivity index (χ0v) is 10.9. The third-order valence-corrected chi connectivity index (χ3v) is 2.71. The van der Waals surface area contributed by atoms with E-state index in [1.165, 1.54) is 5.56 Å². The maximum Gasteiger partial charge on any atom is 0.226 e. The predicted octanol–water partition coefficient (Wildman–Crippen LogP) is 3.22. The highest BCUT2D eigenvalue weighted by Gasteiger charge is 2.20. The van der Waals surface area contributed by atoms with E-state index in [1.54, 1.807) is 0 Å². The fourth-order valence-corrected chi connectivity index (χ4v) is 1.98. The van der Waals surface area contributed by atoms with Gasteiger partial charge in [0.2, 0.25) is 5.91 Å². The Balaban J connectivity index is 0.00000112. The molecule has 1 aliphatic rings. The number of rotatable bonds is 1. The highest BCUT2D eigenvalue weighted by atomic mass is 35.5. The SMILES string of the molecule is CCC(=O)N1CCCc2ccccc21.Cl.Cl. The number of hydrogen-bond donors (Lipinski definition) is 0. The number of benzene rings is 1. The molecule has 0 saturated carbocycles. The summed E-state index contributed by atoms with van der Waals surface area (Å²) < 4.78 is 0. The highest BCUT2D eigenvalue weighted by Crippen LogP contribution is 2.26. The number of aryl methyl sites for hydroxylation is 1. The molecule has 0 radical (unpaired) electrons. The largest absolute Gasteiger partial charge is 0.312 e. The van der Waals surface area contributed by atoms with Crippen LogP contribution in [0.15, 0.2) is 24.3 Å². The van der Waals surface area contributed by atoms with Gasteiger partial charge in [-0.2, -0.15) is 0 Å². The standard InChI is InChI=1S/C12H15NO.2ClH/c1-2-12(14)13-9-5-7-10-6-3-4-8-11(10)13;;/h3-4,6,8H,2,5,7,9H2,1H3;2*1H. The molecule has 2 rings (SSSR count). The molecule has 1 heterocycles. The summed E-state index contributed by atoms with van der Waals surface area (Å²) in [6.45, 7) is 2.79. The van der Waals surface area contributed by atoms with Gasteiger partial charge in [0.1, 0.15) is 0 Å². The lowest BCUT2D eigenvalue weighted by molar-refractivity contribution is -0.118. The quantitative estimate of drug-likeness (QED) is 0.761. The first-order valence-electron chi connectivity index (χ1n) is 5.21.